The zero-order chi connectivity index (χ0) is 9.84. The Bertz CT molecular complexity index is 184. The number of hydrogen-bond acceptors (Lipinski definition) is 2. The molecule has 0 aromatic rings. The van der Waals surface area contributed by atoms with Gasteiger partial charge in [-0.15, -0.1) is 0 Å². The molecule has 1 saturated carbocycles. The molecule has 0 aromatic heterocycles. The van der Waals surface area contributed by atoms with Gasteiger partial charge in [0, 0.05) is 18.6 Å². The lowest BCUT2D eigenvalue weighted by Gasteiger charge is -2.33. The van der Waals surface area contributed by atoms with E-state index in [9.17, 15) is 4.79 Å². The molecular formula is C9H17NO3. The van der Waals surface area contributed by atoms with Gasteiger partial charge in [0.2, 0.25) is 0 Å². The maximum Gasteiger partial charge on any atom is 0.404 e. The zero-order valence-electron chi connectivity index (χ0n) is 7.86. The van der Waals surface area contributed by atoms with Crippen molar-refractivity contribution in [1.29, 1.82) is 0 Å². The molecule has 1 unspecified atom stereocenters. The van der Waals surface area contributed by atoms with Crippen molar-refractivity contribution in [2.75, 3.05) is 6.61 Å². The fraction of sp³-hybridized carbons (Fsp3) is 0.889. The van der Waals surface area contributed by atoms with Crippen LogP contribution in [0.15, 0.2) is 0 Å². The zero-order valence-corrected chi connectivity index (χ0v) is 7.86. The smallest absolute Gasteiger partial charge is 0.404 e. The lowest BCUT2D eigenvalue weighted by atomic mass is 9.79. The summed E-state index contributed by atoms with van der Waals surface area (Å²) in [4.78, 5) is 10.4. The van der Waals surface area contributed by atoms with Crippen LogP contribution in [0.5, 0.6) is 0 Å². The summed E-state index contributed by atoms with van der Waals surface area (Å²) in [7, 11) is 0. The van der Waals surface area contributed by atoms with Gasteiger partial charge in [-0.3, -0.25) is 0 Å². The molecule has 0 aliphatic heterocycles. The van der Waals surface area contributed by atoms with Crippen LogP contribution in [0.1, 0.15) is 26.2 Å². The molecule has 3 N–H and O–H groups in total. The number of carbonyl (C=O) groups is 1. The van der Waals surface area contributed by atoms with Crippen molar-refractivity contribution in [2.45, 2.75) is 32.2 Å². The maximum atomic E-state index is 10.4. The van der Waals surface area contributed by atoms with Crippen LogP contribution in [0.4, 0.5) is 4.79 Å². The summed E-state index contributed by atoms with van der Waals surface area (Å²) in [5.41, 5.74) is 0. The van der Waals surface area contributed by atoms with Crippen LogP contribution in [0.2, 0.25) is 0 Å². The number of carboxylic acid groups (broad SMARTS) is 1. The van der Waals surface area contributed by atoms with Crippen LogP contribution in [0, 0.1) is 11.8 Å². The summed E-state index contributed by atoms with van der Waals surface area (Å²) in [5.74, 6) is 0.698. The van der Waals surface area contributed by atoms with Crippen LogP contribution in [-0.4, -0.2) is 29.0 Å². The minimum Gasteiger partial charge on any atom is -0.465 e. The van der Waals surface area contributed by atoms with E-state index in [0.717, 1.165) is 19.3 Å². The molecule has 0 aromatic carbocycles. The van der Waals surface area contributed by atoms with Crippen LogP contribution in [-0.2, 0) is 0 Å². The van der Waals surface area contributed by atoms with E-state index in [0.29, 0.717) is 5.92 Å². The van der Waals surface area contributed by atoms with E-state index in [1.807, 2.05) is 0 Å². The summed E-state index contributed by atoms with van der Waals surface area (Å²) in [5, 5.41) is 20.1. The van der Waals surface area contributed by atoms with Gasteiger partial charge in [0.25, 0.3) is 0 Å². The van der Waals surface area contributed by atoms with Crippen molar-refractivity contribution < 1.29 is 15.0 Å². The molecule has 3 atom stereocenters. The lowest BCUT2D eigenvalue weighted by Crippen LogP contribution is -2.44. The number of nitrogens with one attached hydrogen (secondary N) is 1. The van der Waals surface area contributed by atoms with Gasteiger partial charge in [0.15, 0.2) is 0 Å². The van der Waals surface area contributed by atoms with E-state index in [-0.39, 0.29) is 18.6 Å². The summed E-state index contributed by atoms with van der Waals surface area (Å²) in [6.45, 7) is 2.22. The number of aliphatic hydroxyl groups is 1. The standard InChI is InChI=1S/C9H17NO3/c1-6-2-3-8(10-9(12)13)7(4-6)5-11/h6-8,10-11H,2-5H2,1H3,(H,12,13)/t6?,7-,8+/m1/s1. The van der Waals surface area contributed by atoms with E-state index in [4.69, 9.17) is 10.2 Å². The Morgan fingerprint density at radius 3 is 2.77 bits per heavy atom. The van der Waals surface area contributed by atoms with Crippen LogP contribution >= 0.6 is 0 Å². The predicted octanol–water partition coefficient (Wildman–Crippen LogP) is 1.05. The first-order valence-electron chi connectivity index (χ1n) is 4.73. The Morgan fingerprint density at radius 1 is 1.54 bits per heavy atom. The van der Waals surface area contributed by atoms with Crippen molar-refractivity contribution in [3.63, 3.8) is 0 Å². The molecule has 0 spiro atoms. The minimum atomic E-state index is -0.988. The second-order valence-corrected chi connectivity index (χ2v) is 3.92. The second-order valence-electron chi connectivity index (χ2n) is 3.92. The molecule has 0 bridgehead atoms. The molecule has 0 heterocycles. The number of amides is 1. The first-order chi connectivity index (χ1) is 6.13. The molecule has 1 aliphatic rings. The van der Waals surface area contributed by atoms with Gasteiger partial charge in [-0.25, -0.2) is 4.79 Å². The molecule has 76 valence electrons. The summed E-state index contributed by atoms with van der Waals surface area (Å²) >= 11 is 0. The van der Waals surface area contributed by atoms with E-state index in [1.165, 1.54) is 0 Å². The Kier molecular flexibility index (Phi) is 3.54. The average molecular weight is 187 g/mol. The third-order valence-corrected chi connectivity index (χ3v) is 2.79. The average Bonchev–Trinajstić information content (AvgIpc) is 2.07. The van der Waals surface area contributed by atoms with E-state index in [1.54, 1.807) is 0 Å². The van der Waals surface area contributed by atoms with E-state index in [2.05, 4.69) is 12.2 Å². The largest absolute Gasteiger partial charge is 0.465 e. The molecule has 1 amide bonds. The van der Waals surface area contributed by atoms with Crippen molar-refractivity contribution in [3.8, 4) is 0 Å². The fourth-order valence-corrected chi connectivity index (χ4v) is 2.05. The lowest BCUT2D eigenvalue weighted by molar-refractivity contribution is 0.122. The molecular weight excluding hydrogens is 170 g/mol. The van der Waals surface area contributed by atoms with Gasteiger partial charge in [0.05, 0.1) is 0 Å². The highest BCUT2D eigenvalue weighted by molar-refractivity contribution is 5.64. The third kappa shape index (κ3) is 2.88. The SMILES string of the molecule is CC1CC[C@H](NC(=O)O)[C@@H](CO)C1. The van der Waals surface area contributed by atoms with Crippen molar-refractivity contribution in [3.05, 3.63) is 0 Å². The monoisotopic (exact) mass is 187 g/mol. The first kappa shape index (κ1) is 10.3. The predicted molar refractivity (Wildman–Crippen MR) is 48.5 cm³/mol. The van der Waals surface area contributed by atoms with Gasteiger partial charge in [-0.2, -0.15) is 0 Å². The Labute approximate surface area is 78.0 Å². The highest BCUT2D eigenvalue weighted by Crippen LogP contribution is 2.28. The van der Waals surface area contributed by atoms with E-state index < -0.39 is 6.09 Å². The number of hydrogen-bond donors (Lipinski definition) is 3. The van der Waals surface area contributed by atoms with Crippen LogP contribution in [0.3, 0.4) is 0 Å². The van der Waals surface area contributed by atoms with Crippen LogP contribution < -0.4 is 5.32 Å². The van der Waals surface area contributed by atoms with Crippen molar-refractivity contribution in [2.24, 2.45) is 11.8 Å². The van der Waals surface area contributed by atoms with Gasteiger partial charge >= 0.3 is 6.09 Å². The third-order valence-electron chi connectivity index (χ3n) is 2.79. The Morgan fingerprint density at radius 2 is 2.23 bits per heavy atom. The van der Waals surface area contributed by atoms with Gasteiger partial charge in [-0.1, -0.05) is 6.92 Å². The topological polar surface area (TPSA) is 69.6 Å². The minimum absolute atomic E-state index is 0.0568. The van der Waals surface area contributed by atoms with Gasteiger partial charge < -0.3 is 15.5 Å². The van der Waals surface area contributed by atoms with Crippen molar-refractivity contribution >= 4 is 6.09 Å². The number of rotatable bonds is 2. The summed E-state index contributed by atoms with van der Waals surface area (Å²) in [6.07, 6.45) is 1.82. The molecule has 1 rings (SSSR count). The van der Waals surface area contributed by atoms with Gasteiger partial charge in [-0.05, 0) is 25.2 Å². The Balaban J connectivity index is 2.47. The quantitative estimate of drug-likeness (QED) is 0.605. The second kappa shape index (κ2) is 4.46. The normalized spacial score (nSPS) is 34.2. The molecule has 13 heavy (non-hydrogen) atoms. The van der Waals surface area contributed by atoms with Gasteiger partial charge in [0.1, 0.15) is 0 Å². The molecule has 0 saturated heterocycles. The number of aliphatic hydroxyl groups excluding tert-OH is 1. The molecule has 0 radical (unpaired) electrons. The van der Waals surface area contributed by atoms with Crippen LogP contribution in [0.25, 0.3) is 0 Å². The first-order valence-corrected chi connectivity index (χ1v) is 4.73. The molecule has 1 aliphatic carbocycles. The Hall–Kier alpha value is -0.770. The fourth-order valence-electron chi connectivity index (χ4n) is 2.05. The maximum absolute atomic E-state index is 10.4. The molecule has 4 nitrogen and oxygen atoms in total. The molecule has 1 fully saturated rings. The highest BCUT2D eigenvalue weighted by atomic mass is 16.4. The van der Waals surface area contributed by atoms with E-state index >= 15 is 0 Å². The summed E-state index contributed by atoms with van der Waals surface area (Å²) in [6, 6.07) is -0.0568. The summed E-state index contributed by atoms with van der Waals surface area (Å²) < 4.78 is 0. The van der Waals surface area contributed by atoms with Crippen molar-refractivity contribution in [1.82, 2.24) is 5.32 Å². The molecule has 4 heteroatoms. The highest BCUT2D eigenvalue weighted by Gasteiger charge is 2.28.